The van der Waals surface area contributed by atoms with E-state index in [1.165, 1.54) is 7.11 Å². The zero-order valence-electron chi connectivity index (χ0n) is 12.0. The minimum atomic E-state index is -0.741. The molecule has 1 aliphatic rings. The molecule has 0 aliphatic carbocycles. The van der Waals surface area contributed by atoms with Crippen molar-refractivity contribution in [2.75, 3.05) is 7.11 Å². The van der Waals surface area contributed by atoms with Crippen molar-refractivity contribution in [1.29, 1.82) is 5.26 Å². The van der Waals surface area contributed by atoms with Crippen LogP contribution in [0, 0.1) is 11.3 Å². The summed E-state index contributed by atoms with van der Waals surface area (Å²) >= 11 is 0. The van der Waals surface area contributed by atoms with E-state index in [0.717, 1.165) is 0 Å². The van der Waals surface area contributed by atoms with Gasteiger partial charge in [-0.05, 0) is 17.7 Å². The molecule has 0 saturated carbocycles. The van der Waals surface area contributed by atoms with Crippen LogP contribution in [-0.2, 0) is 0 Å². The summed E-state index contributed by atoms with van der Waals surface area (Å²) in [5.74, 6) is -0.319. The molecule has 1 aliphatic heterocycles. The van der Waals surface area contributed by atoms with Crippen LogP contribution in [0.1, 0.15) is 17.0 Å². The molecule has 1 aromatic heterocycles. The van der Waals surface area contributed by atoms with Crippen molar-refractivity contribution >= 4 is 0 Å². The van der Waals surface area contributed by atoms with E-state index in [0.29, 0.717) is 11.3 Å². The summed E-state index contributed by atoms with van der Waals surface area (Å²) < 4.78 is 10.3. The zero-order chi connectivity index (χ0) is 16.6. The number of aromatic amines is 2. The van der Waals surface area contributed by atoms with Crippen molar-refractivity contribution in [2.45, 2.75) is 5.92 Å². The molecule has 116 valence electrons. The van der Waals surface area contributed by atoms with Crippen LogP contribution in [0.25, 0.3) is 0 Å². The largest absolute Gasteiger partial charge is 0.497 e. The van der Waals surface area contributed by atoms with Crippen molar-refractivity contribution in [3.63, 3.8) is 0 Å². The zero-order valence-corrected chi connectivity index (χ0v) is 12.0. The first kappa shape index (κ1) is 14.5. The van der Waals surface area contributed by atoms with E-state index in [-0.39, 0.29) is 22.9 Å². The number of ether oxygens (including phenoxy) is 2. The van der Waals surface area contributed by atoms with Gasteiger partial charge in [0.05, 0.1) is 18.6 Å². The second kappa shape index (κ2) is 5.38. The summed E-state index contributed by atoms with van der Waals surface area (Å²) in [6, 6.07) is 8.81. The van der Waals surface area contributed by atoms with Crippen LogP contribution >= 0.6 is 0 Å². The van der Waals surface area contributed by atoms with Crippen molar-refractivity contribution in [3.05, 3.63) is 67.7 Å². The third kappa shape index (κ3) is 2.34. The van der Waals surface area contributed by atoms with Crippen LogP contribution in [0.3, 0.4) is 0 Å². The average Bonchev–Trinajstić information content (AvgIpc) is 2.53. The van der Waals surface area contributed by atoms with Gasteiger partial charge in [0.15, 0.2) is 0 Å². The monoisotopic (exact) mass is 312 g/mol. The van der Waals surface area contributed by atoms with E-state index in [4.69, 9.17) is 15.2 Å². The second-order valence-electron chi connectivity index (χ2n) is 4.85. The fraction of sp³-hybridized carbons (Fsp3) is 0.133. The highest BCUT2D eigenvalue weighted by atomic mass is 16.5. The number of fused-ring (bicyclic) bond motifs is 1. The number of nitriles is 1. The lowest BCUT2D eigenvalue weighted by Crippen LogP contribution is -2.33. The van der Waals surface area contributed by atoms with Gasteiger partial charge < -0.3 is 15.2 Å². The van der Waals surface area contributed by atoms with Crippen LogP contribution < -0.4 is 26.5 Å². The SMILES string of the molecule is COc1ccc([C@H]2C(C#N)=C(N)Oc3[nH]c(=O)[nH]c(=O)c32)cc1. The number of methoxy groups -OCH3 is 1. The van der Waals surface area contributed by atoms with Crippen LogP contribution in [0.5, 0.6) is 11.6 Å². The van der Waals surface area contributed by atoms with Gasteiger partial charge in [0.1, 0.15) is 17.4 Å². The van der Waals surface area contributed by atoms with Crippen LogP contribution in [-0.4, -0.2) is 17.1 Å². The lowest BCUT2D eigenvalue weighted by Gasteiger charge is -2.24. The maximum atomic E-state index is 12.2. The highest BCUT2D eigenvalue weighted by Crippen LogP contribution is 2.38. The Balaban J connectivity index is 2.26. The van der Waals surface area contributed by atoms with Gasteiger partial charge in [-0.3, -0.25) is 14.8 Å². The molecule has 0 amide bonds. The lowest BCUT2D eigenvalue weighted by molar-refractivity contribution is 0.373. The Morgan fingerprint density at radius 1 is 1.26 bits per heavy atom. The Morgan fingerprint density at radius 3 is 2.57 bits per heavy atom. The van der Waals surface area contributed by atoms with E-state index < -0.39 is 17.2 Å². The quantitative estimate of drug-likeness (QED) is 0.729. The number of benzene rings is 1. The van der Waals surface area contributed by atoms with Crippen LogP contribution in [0.4, 0.5) is 0 Å². The van der Waals surface area contributed by atoms with E-state index >= 15 is 0 Å². The molecule has 4 N–H and O–H groups in total. The summed E-state index contributed by atoms with van der Waals surface area (Å²) in [4.78, 5) is 28.1. The van der Waals surface area contributed by atoms with Crippen LogP contribution in [0.15, 0.2) is 45.3 Å². The van der Waals surface area contributed by atoms with Gasteiger partial charge in [0.2, 0.25) is 11.8 Å². The van der Waals surface area contributed by atoms with Crippen molar-refractivity contribution in [2.24, 2.45) is 5.73 Å². The number of nitrogens with one attached hydrogen (secondary N) is 2. The molecule has 0 fully saturated rings. The number of hydrogen-bond acceptors (Lipinski definition) is 6. The molecule has 0 radical (unpaired) electrons. The normalized spacial score (nSPS) is 16.3. The maximum Gasteiger partial charge on any atom is 0.328 e. The first-order chi connectivity index (χ1) is 11.0. The Morgan fingerprint density at radius 2 is 1.96 bits per heavy atom. The molecule has 3 rings (SSSR count). The van der Waals surface area contributed by atoms with Gasteiger partial charge in [-0.15, -0.1) is 0 Å². The van der Waals surface area contributed by atoms with Gasteiger partial charge >= 0.3 is 5.69 Å². The summed E-state index contributed by atoms with van der Waals surface area (Å²) in [6.45, 7) is 0. The molecule has 0 unspecified atom stereocenters. The predicted molar refractivity (Wildman–Crippen MR) is 80.0 cm³/mol. The first-order valence-electron chi connectivity index (χ1n) is 6.63. The van der Waals surface area contributed by atoms with Gasteiger partial charge in [0.25, 0.3) is 5.56 Å². The molecule has 0 bridgehead atoms. The third-order valence-electron chi connectivity index (χ3n) is 3.57. The molecular weight excluding hydrogens is 300 g/mol. The Bertz CT molecular complexity index is 947. The topological polar surface area (TPSA) is 134 Å². The number of aromatic nitrogens is 2. The lowest BCUT2D eigenvalue weighted by atomic mass is 9.85. The molecule has 8 nitrogen and oxygen atoms in total. The first-order valence-corrected chi connectivity index (χ1v) is 6.63. The van der Waals surface area contributed by atoms with Crippen molar-refractivity contribution in [3.8, 4) is 17.7 Å². The summed E-state index contributed by atoms with van der Waals surface area (Å²) in [5.41, 5.74) is 5.29. The predicted octanol–water partition coefficient (Wildman–Crippen LogP) is 0.290. The van der Waals surface area contributed by atoms with Crippen molar-refractivity contribution < 1.29 is 9.47 Å². The molecule has 0 spiro atoms. The summed E-state index contributed by atoms with van der Waals surface area (Å²) in [5, 5.41) is 9.39. The van der Waals surface area contributed by atoms with E-state index in [9.17, 15) is 14.9 Å². The number of rotatable bonds is 2. The number of allylic oxidation sites excluding steroid dienone is 1. The Kier molecular flexibility index (Phi) is 3.38. The van der Waals surface area contributed by atoms with Gasteiger partial charge in [0, 0.05) is 0 Å². The molecule has 8 heteroatoms. The highest BCUT2D eigenvalue weighted by molar-refractivity contribution is 5.53. The molecule has 2 heterocycles. The van der Waals surface area contributed by atoms with Crippen LogP contribution in [0.2, 0.25) is 0 Å². The van der Waals surface area contributed by atoms with E-state index in [2.05, 4.69) is 9.97 Å². The number of nitrogens with two attached hydrogens (primary N) is 1. The molecule has 1 aromatic carbocycles. The second-order valence-corrected chi connectivity index (χ2v) is 4.85. The maximum absolute atomic E-state index is 12.2. The molecule has 23 heavy (non-hydrogen) atoms. The fourth-order valence-electron chi connectivity index (χ4n) is 2.52. The highest BCUT2D eigenvalue weighted by Gasteiger charge is 2.33. The summed E-state index contributed by atoms with van der Waals surface area (Å²) in [6.07, 6.45) is 0. The Hall–Kier alpha value is -3.47. The Labute approximate surface area is 129 Å². The molecule has 2 aromatic rings. The van der Waals surface area contributed by atoms with Gasteiger partial charge in [-0.2, -0.15) is 5.26 Å². The van der Waals surface area contributed by atoms with Crippen molar-refractivity contribution in [1.82, 2.24) is 9.97 Å². The van der Waals surface area contributed by atoms with E-state index in [1.807, 2.05) is 6.07 Å². The van der Waals surface area contributed by atoms with E-state index in [1.54, 1.807) is 24.3 Å². The molecule has 0 saturated heterocycles. The minimum absolute atomic E-state index is 0.0592. The van der Waals surface area contributed by atoms with Gasteiger partial charge in [-0.1, -0.05) is 12.1 Å². The third-order valence-corrected chi connectivity index (χ3v) is 3.57. The number of nitrogens with zero attached hydrogens (tertiary/aromatic N) is 1. The standard InChI is InChI=1S/C15H12N4O4/c1-22-8-4-2-7(3-5-8)10-9(6-16)12(17)23-14-11(10)13(20)18-15(21)19-14/h2-5,10H,17H2,1H3,(H2,18,19,20,21)/t10-/m0/s1. The smallest absolute Gasteiger partial charge is 0.328 e. The fourth-order valence-corrected chi connectivity index (χ4v) is 2.52. The average molecular weight is 312 g/mol. The number of H-pyrrole nitrogens is 2. The number of hydrogen-bond donors (Lipinski definition) is 3. The minimum Gasteiger partial charge on any atom is -0.497 e. The van der Waals surface area contributed by atoms with Gasteiger partial charge in [-0.25, -0.2) is 4.79 Å². The molecular formula is C15H12N4O4. The summed E-state index contributed by atoms with van der Waals surface area (Å²) in [7, 11) is 1.53. The molecule has 1 atom stereocenters.